The van der Waals surface area contributed by atoms with Gasteiger partial charge in [0.05, 0.1) is 39.6 Å². The fraction of sp³-hybridized carbons (Fsp3) is 0.217. The quantitative estimate of drug-likeness (QED) is 0.0371. The Morgan fingerprint density at radius 1 is 0.203 bits per heavy atom. The normalized spacial score (nSPS) is 11.1. The molecule has 404 valence electrons. The van der Waals surface area contributed by atoms with E-state index in [1.165, 1.54) is 0 Å². The zero-order valence-corrected chi connectivity index (χ0v) is 44.7. The molecule has 0 aliphatic rings. The van der Waals surface area contributed by atoms with Gasteiger partial charge in [0.2, 0.25) is 0 Å². The van der Waals surface area contributed by atoms with Crippen molar-refractivity contribution in [1.29, 1.82) is 0 Å². The number of ether oxygens (including phenoxy) is 9. The van der Waals surface area contributed by atoms with Crippen LogP contribution in [0.5, 0.6) is 34.5 Å². The minimum atomic E-state index is 0.375. The van der Waals surface area contributed by atoms with Gasteiger partial charge in [0.25, 0.3) is 0 Å². The van der Waals surface area contributed by atoms with Crippen molar-refractivity contribution in [3.63, 3.8) is 0 Å². The molecule has 0 aromatic heterocycles. The van der Waals surface area contributed by atoms with E-state index in [1.807, 2.05) is 164 Å². The monoisotopic (exact) mass is 1060 g/mol. The molecule has 0 amide bonds. The zero-order valence-electron chi connectivity index (χ0n) is 44.7. The number of rotatable bonds is 33. The molecule has 0 N–H and O–H groups in total. The maximum absolute atomic E-state index is 6.42. The summed E-state index contributed by atoms with van der Waals surface area (Å²) in [6.07, 6.45) is 0. The van der Waals surface area contributed by atoms with Crippen LogP contribution < -0.4 is 28.4 Å². The van der Waals surface area contributed by atoms with E-state index in [0.717, 1.165) is 84.6 Å². The molecule has 0 aliphatic heterocycles. The Hall–Kier alpha value is -8.38. The minimum Gasteiger partial charge on any atom is -0.489 e. The Labute approximate surface area is 465 Å². The average molecular weight is 1060 g/mol. The molecule has 0 radical (unpaired) electrons. The summed E-state index contributed by atoms with van der Waals surface area (Å²) in [5.74, 6) is 4.31. The highest BCUT2D eigenvalue weighted by molar-refractivity contribution is 5.41. The standard InChI is InChI=1S/C69H69NO9/c1-7-19-55(20-8-1)49-74-64-37-61(38-65(43-64)75-50-56-21-9-2-10-22-56)46-71-34-31-70(32-35-72-47-62-39-66(76-51-57-23-11-3-12-24-57)44-67(40-62)77-52-58-25-13-4-14-26-58)33-36-73-48-63-41-68(78-53-59-27-15-5-16-28-59)45-69(42-63)79-54-60-29-17-6-18-30-60/h1-30,37-45H,31-36,46-54H2. The van der Waals surface area contributed by atoms with Crippen molar-refractivity contribution in [2.75, 3.05) is 39.5 Å². The largest absolute Gasteiger partial charge is 0.489 e. The van der Waals surface area contributed by atoms with Gasteiger partial charge in [-0.1, -0.05) is 182 Å². The number of nitrogens with zero attached hydrogens (tertiary/aromatic N) is 1. The van der Waals surface area contributed by atoms with Gasteiger partial charge in [-0.25, -0.2) is 0 Å². The lowest BCUT2D eigenvalue weighted by molar-refractivity contribution is 0.0424. The van der Waals surface area contributed by atoms with Crippen LogP contribution in [0.1, 0.15) is 50.1 Å². The number of hydrogen-bond acceptors (Lipinski definition) is 10. The van der Waals surface area contributed by atoms with Crippen LogP contribution in [-0.4, -0.2) is 44.4 Å². The summed E-state index contributed by atoms with van der Waals surface area (Å²) in [6, 6.07) is 78.9. The third kappa shape index (κ3) is 19.9. The van der Waals surface area contributed by atoms with Gasteiger partial charge >= 0.3 is 0 Å². The van der Waals surface area contributed by atoms with Crippen LogP contribution in [0.25, 0.3) is 0 Å². The van der Waals surface area contributed by atoms with Crippen LogP contribution in [0.4, 0.5) is 0 Å². The van der Waals surface area contributed by atoms with Crippen molar-refractivity contribution in [2.45, 2.75) is 59.5 Å². The topological polar surface area (TPSA) is 86.3 Å². The molecular formula is C69H69NO9. The van der Waals surface area contributed by atoms with Crippen LogP contribution in [0.15, 0.2) is 237 Å². The van der Waals surface area contributed by atoms with Crippen molar-refractivity contribution in [3.8, 4) is 34.5 Å². The molecule has 0 heterocycles. The van der Waals surface area contributed by atoms with Crippen molar-refractivity contribution < 1.29 is 42.6 Å². The fourth-order valence-electron chi connectivity index (χ4n) is 8.57. The van der Waals surface area contributed by atoms with E-state index < -0.39 is 0 Å². The lowest BCUT2D eigenvalue weighted by Gasteiger charge is -2.22. The van der Waals surface area contributed by atoms with Crippen molar-refractivity contribution in [3.05, 3.63) is 287 Å². The highest BCUT2D eigenvalue weighted by atomic mass is 16.5. The molecular weight excluding hydrogens is 987 g/mol. The van der Waals surface area contributed by atoms with Gasteiger partial charge in [-0.05, 0) is 86.5 Å². The van der Waals surface area contributed by atoms with Gasteiger partial charge in [0.15, 0.2) is 0 Å². The molecule has 10 nitrogen and oxygen atoms in total. The molecule has 0 atom stereocenters. The SMILES string of the molecule is c1ccc(COc2cc(COCCN(CCOCc3cc(OCc4ccccc4)cc(OCc4ccccc4)c3)CCOCc3cc(OCc4ccccc4)cc(OCc4ccccc4)c3)cc(OCc3ccccc3)c2)cc1. The lowest BCUT2D eigenvalue weighted by atomic mass is 10.2. The Morgan fingerprint density at radius 3 is 0.582 bits per heavy atom. The summed E-state index contributed by atoms with van der Waals surface area (Å²) in [6.45, 7) is 7.13. The van der Waals surface area contributed by atoms with Gasteiger partial charge in [-0.3, -0.25) is 4.90 Å². The molecule has 0 aliphatic carbocycles. The third-order valence-corrected chi connectivity index (χ3v) is 12.8. The molecule has 9 rings (SSSR count). The Bertz CT molecular complexity index is 2610. The molecule has 0 spiro atoms. The van der Waals surface area contributed by atoms with Gasteiger partial charge in [-0.15, -0.1) is 0 Å². The second kappa shape index (κ2) is 31.1. The highest BCUT2D eigenvalue weighted by Crippen LogP contribution is 2.29. The molecule has 10 heteroatoms. The van der Waals surface area contributed by atoms with Crippen molar-refractivity contribution >= 4 is 0 Å². The first-order valence-electron chi connectivity index (χ1n) is 27.0. The molecule has 9 aromatic rings. The van der Waals surface area contributed by atoms with E-state index in [-0.39, 0.29) is 0 Å². The van der Waals surface area contributed by atoms with Crippen molar-refractivity contribution in [2.24, 2.45) is 0 Å². The van der Waals surface area contributed by atoms with Gasteiger partial charge in [0.1, 0.15) is 74.1 Å². The van der Waals surface area contributed by atoms with E-state index in [9.17, 15) is 0 Å². The summed E-state index contributed by atoms with van der Waals surface area (Å²) in [7, 11) is 0. The summed E-state index contributed by atoms with van der Waals surface area (Å²) in [5, 5.41) is 0. The predicted molar refractivity (Wildman–Crippen MR) is 309 cm³/mol. The summed E-state index contributed by atoms with van der Waals surface area (Å²) >= 11 is 0. The molecule has 0 unspecified atom stereocenters. The molecule has 0 bridgehead atoms. The van der Waals surface area contributed by atoms with Crippen molar-refractivity contribution in [1.82, 2.24) is 4.90 Å². The fourth-order valence-corrected chi connectivity index (χ4v) is 8.57. The molecule has 0 saturated carbocycles. The Balaban J connectivity index is 0.845. The van der Waals surface area contributed by atoms with Crippen LogP contribution in [0, 0.1) is 0 Å². The van der Waals surface area contributed by atoms with Crippen LogP contribution in [-0.2, 0) is 73.7 Å². The van der Waals surface area contributed by atoms with E-state index >= 15 is 0 Å². The first kappa shape index (κ1) is 55.4. The van der Waals surface area contributed by atoms with E-state index in [1.54, 1.807) is 0 Å². The van der Waals surface area contributed by atoms with E-state index in [4.69, 9.17) is 42.6 Å². The summed E-state index contributed by atoms with van der Waals surface area (Å²) in [5.41, 5.74) is 9.37. The summed E-state index contributed by atoms with van der Waals surface area (Å²) in [4.78, 5) is 2.31. The molecule has 79 heavy (non-hydrogen) atoms. The minimum absolute atomic E-state index is 0.375. The highest BCUT2D eigenvalue weighted by Gasteiger charge is 2.12. The third-order valence-electron chi connectivity index (χ3n) is 12.8. The molecule has 0 fully saturated rings. The predicted octanol–water partition coefficient (Wildman–Crippen LogP) is 14.4. The lowest BCUT2D eigenvalue weighted by Crippen LogP contribution is -2.34. The second-order valence-electron chi connectivity index (χ2n) is 19.1. The maximum Gasteiger partial charge on any atom is 0.123 e. The Morgan fingerprint density at radius 2 is 0.392 bits per heavy atom. The smallest absolute Gasteiger partial charge is 0.123 e. The van der Waals surface area contributed by atoms with Crippen LogP contribution in [0.2, 0.25) is 0 Å². The first-order valence-corrected chi connectivity index (χ1v) is 27.0. The van der Waals surface area contributed by atoms with E-state index in [0.29, 0.717) is 98.9 Å². The van der Waals surface area contributed by atoms with Crippen LogP contribution >= 0.6 is 0 Å². The number of hydrogen-bond donors (Lipinski definition) is 0. The van der Waals surface area contributed by atoms with Gasteiger partial charge in [-0.2, -0.15) is 0 Å². The average Bonchev–Trinajstić information content (AvgIpc) is 3.52. The Kier molecular flexibility index (Phi) is 21.8. The number of benzene rings is 9. The van der Waals surface area contributed by atoms with Gasteiger partial charge < -0.3 is 42.6 Å². The van der Waals surface area contributed by atoms with Crippen LogP contribution in [0.3, 0.4) is 0 Å². The molecule has 9 aromatic carbocycles. The molecule has 0 saturated heterocycles. The van der Waals surface area contributed by atoms with Gasteiger partial charge in [0, 0.05) is 37.8 Å². The summed E-state index contributed by atoms with van der Waals surface area (Å²) < 4.78 is 57.0. The maximum atomic E-state index is 6.42. The second-order valence-corrected chi connectivity index (χ2v) is 19.1. The first-order chi connectivity index (χ1) is 39.1. The van der Waals surface area contributed by atoms with E-state index in [2.05, 4.69) is 77.7 Å². The zero-order chi connectivity index (χ0) is 53.8.